The number of hydrogen-bond donors (Lipinski definition) is 0. The van der Waals surface area contributed by atoms with Crippen molar-refractivity contribution in [1.29, 1.82) is 0 Å². The van der Waals surface area contributed by atoms with E-state index in [1.54, 1.807) is 0 Å². The molecule has 1 aromatic heterocycles. The van der Waals surface area contributed by atoms with Gasteiger partial charge in [-0.15, -0.1) is 0 Å². The van der Waals surface area contributed by atoms with Crippen LogP contribution in [0.4, 0.5) is 11.4 Å². The van der Waals surface area contributed by atoms with Crippen LogP contribution in [-0.2, 0) is 0 Å². The van der Waals surface area contributed by atoms with Crippen LogP contribution in [0.25, 0.3) is 55.2 Å². The lowest BCUT2D eigenvalue weighted by Crippen LogP contribution is -2.37. The number of para-hydroxylation sites is 1. The summed E-state index contributed by atoms with van der Waals surface area (Å²) in [5.74, 6) is 0.636. The van der Waals surface area contributed by atoms with Gasteiger partial charge in [0.25, 0.3) is 0 Å². The molecular formula is C37H30N2O. The van der Waals surface area contributed by atoms with Crippen molar-refractivity contribution in [1.82, 2.24) is 4.98 Å². The predicted octanol–water partition coefficient (Wildman–Crippen LogP) is 10.4. The number of hydrogen-bond acceptors (Lipinski definition) is 3. The molecule has 0 atom stereocenters. The first kappa shape index (κ1) is 24.2. The van der Waals surface area contributed by atoms with E-state index in [9.17, 15) is 0 Å². The van der Waals surface area contributed by atoms with Crippen LogP contribution in [0, 0.1) is 0 Å². The highest BCUT2D eigenvalue weighted by Gasteiger charge is 2.29. The van der Waals surface area contributed by atoms with Crippen molar-refractivity contribution >= 4 is 44.0 Å². The van der Waals surface area contributed by atoms with Gasteiger partial charge in [0.15, 0.2) is 5.58 Å². The van der Waals surface area contributed by atoms with E-state index >= 15 is 0 Å². The smallest absolute Gasteiger partial charge is 0.228 e. The van der Waals surface area contributed by atoms with Crippen molar-refractivity contribution in [3.05, 3.63) is 127 Å². The summed E-state index contributed by atoms with van der Waals surface area (Å²) in [7, 11) is 0. The van der Waals surface area contributed by atoms with Crippen molar-refractivity contribution in [3.8, 4) is 22.6 Å². The minimum Gasteiger partial charge on any atom is -0.434 e. The van der Waals surface area contributed by atoms with Crippen LogP contribution in [0.15, 0.2) is 132 Å². The first-order valence-electron chi connectivity index (χ1n) is 13.7. The van der Waals surface area contributed by atoms with Gasteiger partial charge < -0.3 is 9.32 Å². The fraction of sp³-hybridized carbons (Fsp3) is 0.108. The largest absolute Gasteiger partial charge is 0.434 e. The normalized spacial score (nSPS) is 11.9. The maximum atomic E-state index is 6.64. The van der Waals surface area contributed by atoms with E-state index in [-0.39, 0.29) is 5.54 Å². The molecule has 0 aliphatic heterocycles. The standard InChI is InChI=1S/C37H30N2O/c1-37(2,3)39(33-24-23-28(25-13-5-4-6-14-25)29-18-9-10-19-30(29)33)34-22-12-21-32-35(34)40-36(38-32)31-20-11-16-26-15-7-8-17-27(26)31/h4-24H,1-3H3. The summed E-state index contributed by atoms with van der Waals surface area (Å²) >= 11 is 0. The second kappa shape index (κ2) is 9.39. The molecule has 3 nitrogen and oxygen atoms in total. The van der Waals surface area contributed by atoms with Gasteiger partial charge in [-0.3, -0.25) is 0 Å². The third-order valence-corrected chi connectivity index (χ3v) is 7.55. The molecule has 0 N–H and O–H groups in total. The Kier molecular flexibility index (Phi) is 5.67. The molecule has 0 spiro atoms. The molecule has 0 aliphatic rings. The van der Waals surface area contributed by atoms with Crippen LogP contribution in [0.2, 0.25) is 0 Å². The summed E-state index contributed by atoms with van der Waals surface area (Å²) in [6.45, 7) is 6.73. The topological polar surface area (TPSA) is 29.3 Å². The van der Waals surface area contributed by atoms with E-state index in [1.807, 2.05) is 6.07 Å². The number of nitrogens with zero attached hydrogens (tertiary/aromatic N) is 2. The van der Waals surface area contributed by atoms with Crippen LogP contribution >= 0.6 is 0 Å². The Morgan fingerprint density at radius 1 is 0.550 bits per heavy atom. The molecule has 6 aromatic carbocycles. The molecule has 40 heavy (non-hydrogen) atoms. The highest BCUT2D eigenvalue weighted by atomic mass is 16.3. The van der Waals surface area contributed by atoms with Gasteiger partial charge in [-0.25, -0.2) is 4.98 Å². The third kappa shape index (κ3) is 4.02. The van der Waals surface area contributed by atoms with Gasteiger partial charge in [-0.05, 0) is 72.3 Å². The van der Waals surface area contributed by atoms with Crippen molar-refractivity contribution in [2.24, 2.45) is 0 Å². The zero-order valence-electron chi connectivity index (χ0n) is 22.9. The highest BCUT2D eigenvalue weighted by molar-refractivity contribution is 6.06. The van der Waals surface area contributed by atoms with Gasteiger partial charge >= 0.3 is 0 Å². The molecule has 0 saturated heterocycles. The second-order valence-electron chi connectivity index (χ2n) is 11.2. The van der Waals surface area contributed by atoms with Gasteiger partial charge in [-0.2, -0.15) is 0 Å². The molecule has 0 bridgehead atoms. The number of fused-ring (bicyclic) bond motifs is 3. The molecule has 194 valence electrons. The summed E-state index contributed by atoms with van der Waals surface area (Å²) in [6, 6.07) is 44.7. The fourth-order valence-corrected chi connectivity index (χ4v) is 5.84. The first-order chi connectivity index (χ1) is 19.5. The lowest BCUT2D eigenvalue weighted by atomic mass is 9.94. The maximum absolute atomic E-state index is 6.64. The number of anilines is 2. The Labute approximate surface area is 234 Å². The number of aromatic nitrogens is 1. The lowest BCUT2D eigenvalue weighted by Gasteiger charge is -2.38. The summed E-state index contributed by atoms with van der Waals surface area (Å²) < 4.78 is 6.64. The summed E-state index contributed by atoms with van der Waals surface area (Å²) in [6.07, 6.45) is 0. The van der Waals surface area contributed by atoms with Crippen LogP contribution < -0.4 is 4.90 Å². The molecule has 0 amide bonds. The van der Waals surface area contributed by atoms with E-state index in [0.29, 0.717) is 5.89 Å². The summed E-state index contributed by atoms with van der Waals surface area (Å²) in [5, 5.41) is 4.73. The molecule has 0 radical (unpaired) electrons. The predicted molar refractivity (Wildman–Crippen MR) is 168 cm³/mol. The molecule has 0 saturated carbocycles. The minimum absolute atomic E-state index is 0.238. The summed E-state index contributed by atoms with van der Waals surface area (Å²) in [4.78, 5) is 7.37. The van der Waals surface area contributed by atoms with Crippen LogP contribution in [-0.4, -0.2) is 10.5 Å². The van der Waals surface area contributed by atoms with Crippen molar-refractivity contribution in [2.45, 2.75) is 26.3 Å². The quantitative estimate of drug-likeness (QED) is 0.232. The number of rotatable bonds is 4. The highest BCUT2D eigenvalue weighted by Crippen LogP contribution is 2.44. The molecule has 0 aliphatic carbocycles. The fourth-order valence-electron chi connectivity index (χ4n) is 5.84. The van der Waals surface area contributed by atoms with E-state index < -0.39 is 0 Å². The van der Waals surface area contributed by atoms with Crippen molar-refractivity contribution < 1.29 is 4.42 Å². The SMILES string of the molecule is CC(C)(C)N(c1ccc(-c2ccccc2)c2ccccc12)c1cccc2nc(-c3cccc4ccccc34)oc12. The first-order valence-corrected chi connectivity index (χ1v) is 13.7. The Morgan fingerprint density at radius 2 is 1.23 bits per heavy atom. The Balaban J connectivity index is 1.45. The van der Waals surface area contributed by atoms with Gasteiger partial charge in [-0.1, -0.05) is 103 Å². The second-order valence-corrected chi connectivity index (χ2v) is 11.2. The zero-order valence-corrected chi connectivity index (χ0v) is 22.9. The Bertz CT molecular complexity index is 1990. The van der Waals surface area contributed by atoms with E-state index in [4.69, 9.17) is 9.40 Å². The van der Waals surface area contributed by atoms with Crippen molar-refractivity contribution in [2.75, 3.05) is 4.90 Å². The average molecular weight is 519 g/mol. The average Bonchev–Trinajstić information content (AvgIpc) is 3.42. The third-order valence-electron chi connectivity index (χ3n) is 7.55. The molecule has 0 unspecified atom stereocenters. The van der Waals surface area contributed by atoms with E-state index in [2.05, 4.69) is 147 Å². The molecule has 0 fully saturated rings. The Hall–Kier alpha value is -4.89. The number of benzene rings is 6. The maximum Gasteiger partial charge on any atom is 0.228 e. The lowest BCUT2D eigenvalue weighted by molar-refractivity contribution is 0.555. The molecular weight excluding hydrogens is 488 g/mol. The summed E-state index contributed by atoms with van der Waals surface area (Å²) in [5.41, 5.74) is 6.98. The molecule has 7 aromatic rings. The monoisotopic (exact) mass is 518 g/mol. The van der Waals surface area contributed by atoms with Gasteiger partial charge in [0.05, 0.1) is 5.69 Å². The number of oxazole rings is 1. The molecule has 1 heterocycles. The van der Waals surface area contributed by atoms with Gasteiger partial charge in [0.1, 0.15) is 5.52 Å². The molecule has 7 rings (SSSR count). The van der Waals surface area contributed by atoms with Gasteiger partial charge in [0, 0.05) is 22.2 Å². The zero-order chi connectivity index (χ0) is 27.3. The van der Waals surface area contributed by atoms with Crippen molar-refractivity contribution in [3.63, 3.8) is 0 Å². The Morgan fingerprint density at radius 3 is 2.02 bits per heavy atom. The van der Waals surface area contributed by atoms with Crippen LogP contribution in [0.1, 0.15) is 20.8 Å². The van der Waals surface area contributed by atoms with E-state index in [1.165, 1.54) is 27.3 Å². The van der Waals surface area contributed by atoms with Crippen LogP contribution in [0.5, 0.6) is 0 Å². The minimum atomic E-state index is -0.238. The van der Waals surface area contributed by atoms with Gasteiger partial charge in [0.2, 0.25) is 5.89 Å². The molecule has 3 heteroatoms. The van der Waals surface area contributed by atoms with Crippen LogP contribution in [0.3, 0.4) is 0 Å². The van der Waals surface area contributed by atoms with E-state index in [0.717, 1.165) is 33.4 Å².